The molecule has 1 N–H and O–H groups in total. The molecule has 0 aromatic heterocycles. The fourth-order valence-corrected chi connectivity index (χ4v) is 2.09. The molecule has 1 aromatic rings. The van der Waals surface area contributed by atoms with E-state index in [2.05, 4.69) is 0 Å². The van der Waals surface area contributed by atoms with Gasteiger partial charge in [-0.15, -0.1) is 0 Å². The number of aliphatic hydroxyl groups is 1. The SMILES string of the molecule is CSC(C(C)=O)C(O)c1ccccc1. The van der Waals surface area contributed by atoms with Gasteiger partial charge >= 0.3 is 0 Å². The average molecular weight is 210 g/mol. The maximum Gasteiger partial charge on any atom is 0.145 e. The molecule has 14 heavy (non-hydrogen) atoms. The number of thioether (sulfide) groups is 1. The lowest BCUT2D eigenvalue weighted by Gasteiger charge is -2.18. The van der Waals surface area contributed by atoms with Crippen LogP contribution in [0.4, 0.5) is 0 Å². The highest BCUT2D eigenvalue weighted by molar-refractivity contribution is 7.99. The molecule has 76 valence electrons. The smallest absolute Gasteiger partial charge is 0.145 e. The van der Waals surface area contributed by atoms with Gasteiger partial charge in [-0.05, 0) is 18.7 Å². The summed E-state index contributed by atoms with van der Waals surface area (Å²) in [4.78, 5) is 11.2. The lowest BCUT2D eigenvalue weighted by atomic mass is 10.0. The molecule has 0 bridgehead atoms. The molecule has 0 aliphatic carbocycles. The highest BCUT2D eigenvalue weighted by Crippen LogP contribution is 2.25. The van der Waals surface area contributed by atoms with E-state index in [-0.39, 0.29) is 11.0 Å². The third kappa shape index (κ3) is 2.59. The normalized spacial score (nSPS) is 14.8. The summed E-state index contributed by atoms with van der Waals surface area (Å²) < 4.78 is 0. The first-order valence-electron chi connectivity index (χ1n) is 4.43. The molecule has 0 heterocycles. The minimum atomic E-state index is -0.705. The number of hydrogen-bond donors (Lipinski definition) is 1. The summed E-state index contributed by atoms with van der Waals surface area (Å²) in [5, 5.41) is 9.55. The topological polar surface area (TPSA) is 37.3 Å². The maximum absolute atomic E-state index is 11.2. The minimum Gasteiger partial charge on any atom is -0.387 e. The lowest BCUT2D eigenvalue weighted by molar-refractivity contribution is -0.118. The van der Waals surface area contributed by atoms with Crippen molar-refractivity contribution in [3.05, 3.63) is 35.9 Å². The van der Waals surface area contributed by atoms with Crippen molar-refractivity contribution < 1.29 is 9.90 Å². The molecule has 2 unspecified atom stereocenters. The van der Waals surface area contributed by atoms with Crippen molar-refractivity contribution in [2.75, 3.05) is 6.26 Å². The second kappa shape index (κ2) is 5.17. The van der Waals surface area contributed by atoms with Crippen molar-refractivity contribution in [2.45, 2.75) is 18.3 Å². The van der Waals surface area contributed by atoms with Crippen LogP contribution in [-0.4, -0.2) is 22.4 Å². The number of benzene rings is 1. The molecule has 0 saturated heterocycles. The second-order valence-corrected chi connectivity index (χ2v) is 4.10. The fourth-order valence-electron chi connectivity index (χ4n) is 1.34. The van der Waals surface area contributed by atoms with Crippen molar-refractivity contribution in [2.24, 2.45) is 0 Å². The van der Waals surface area contributed by atoms with Crippen LogP contribution >= 0.6 is 11.8 Å². The van der Waals surface area contributed by atoms with Crippen LogP contribution in [0.25, 0.3) is 0 Å². The molecule has 1 aromatic carbocycles. The summed E-state index contributed by atoms with van der Waals surface area (Å²) in [6, 6.07) is 9.26. The predicted octanol–water partition coefficient (Wildman–Crippen LogP) is 2.04. The van der Waals surface area contributed by atoms with Crippen LogP contribution in [0.3, 0.4) is 0 Å². The molecule has 1 rings (SSSR count). The first kappa shape index (κ1) is 11.3. The summed E-state index contributed by atoms with van der Waals surface area (Å²) in [5.41, 5.74) is 0.794. The summed E-state index contributed by atoms with van der Waals surface area (Å²) in [6.45, 7) is 1.51. The molecular formula is C11H14O2S. The fraction of sp³-hybridized carbons (Fsp3) is 0.364. The molecule has 2 nitrogen and oxygen atoms in total. The summed E-state index contributed by atoms with van der Waals surface area (Å²) in [6.07, 6.45) is 1.13. The van der Waals surface area contributed by atoms with E-state index in [1.54, 1.807) is 0 Å². The summed E-state index contributed by atoms with van der Waals surface area (Å²) in [5.74, 6) is 0.00820. The number of carbonyl (C=O) groups is 1. The van der Waals surface area contributed by atoms with Crippen LogP contribution in [0.15, 0.2) is 30.3 Å². The van der Waals surface area contributed by atoms with Crippen LogP contribution in [-0.2, 0) is 4.79 Å². The highest BCUT2D eigenvalue weighted by atomic mass is 32.2. The quantitative estimate of drug-likeness (QED) is 0.826. The Morgan fingerprint density at radius 1 is 1.36 bits per heavy atom. The first-order valence-corrected chi connectivity index (χ1v) is 5.72. The predicted molar refractivity (Wildman–Crippen MR) is 59.4 cm³/mol. The molecular weight excluding hydrogens is 196 g/mol. The van der Waals surface area contributed by atoms with E-state index in [0.29, 0.717) is 0 Å². The Balaban J connectivity index is 2.83. The molecule has 2 atom stereocenters. The molecule has 0 spiro atoms. The van der Waals surface area contributed by atoms with E-state index in [1.165, 1.54) is 18.7 Å². The van der Waals surface area contributed by atoms with E-state index in [4.69, 9.17) is 0 Å². The monoisotopic (exact) mass is 210 g/mol. The summed E-state index contributed by atoms with van der Waals surface area (Å²) >= 11 is 1.38. The Hall–Kier alpha value is -0.800. The summed E-state index contributed by atoms with van der Waals surface area (Å²) in [7, 11) is 0. The van der Waals surface area contributed by atoms with Gasteiger partial charge in [-0.1, -0.05) is 30.3 Å². The van der Waals surface area contributed by atoms with Gasteiger partial charge in [0.15, 0.2) is 0 Å². The van der Waals surface area contributed by atoms with Crippen molar-refractivity contribution in [1.82, 2.24) is 0 Å². The van der Waals surface area contributed by atoms with E-state index in [1.807, 2.05) is 36.6 Å². The number of rotatable bonds is 4. The molecule has 0 aliphatic rings. The van der Waals surface area contributed by atoms with Crippen molar-refractivity contribution in [3.63, 3.8) is 0 Å². The Kier molecular flexibility index (Phi) is 4.17. The Morgan fingerprint density at radius 3 is 2.36 bits per heavy atom. The van der Waals surface area contributed by atoms with Crippen LogP contribution in [0.1, 0.15) is 18.6 Å². The Morgan fingerprint density at radius 2 is 1.93 bits per heavy atom. The largest absolute Gasteiger partial charge is 0.387 e. The van der Waals surface area contributed by atoms with Gasteiger partial charge in [0.05, 0.1) is 11.4 Å². The molecule has 0 saturated carbocycles. The zero-order chi connectivity index (χ0) is 10.6. The standard InChI is InChI=1S/C11H14O2S/c1-8(12)11(14-2)10(13)9-6-4-3-5-7-9/h3-7,10-11,13H,1-2H3. The third-order valence-corrected chi connectivity index (χ3v) is 3.18. The maximum atomic E-state index is 11.2. The minimum absolute atomic E-state index is 0.00820. The third-order valence-electron chi connectivity index (χ3n) is 2.08. The van der Waals surface area contributed by atoms with E-state index < -0.39 is 6.10 Å². The van der Waals surface area contributed by atoms with Gasteiger partial charge in [-0.3, -0.25) is 4.79 Å². The van der Waals surface area contributed by atoms with Gasteiger partial charge in [0.25, 0.3) is 0 Å². The van der Waals surface area contributed by atoms with Crippen molar-refractivity contribution >= 4 is 17.5 Å². The number of ketones is 1. The van der Waals surface area contributed by atoms with Gasteiger partial charge in [-0.25, -0.2) is 0 Å². The van der Waals surface area contributed by atoms with Crippen molar-refractivity contribution in [3.8, 4) is 0 Å². The van der Waals surface area contributed by atoms with Crippen LogP contribution in [0.5, 0.6) is 0 Å². The Labute approximate surface area is 88.3 Å². The van der Waals surface area contributed by atoms with Crippen molar-refractivity contribution in [1.29, 1.82) is 0 Å². The van der Waals surface area contributed by atoms with Gasteiger partial charge in [0, 0.05) is 0 Å². The zero-order valence-electron chi connectivity index (χ0n) is 8.31. The molecule has 0 aliphatic heterocycles. The zero-order valence-corrected chi connectivity index (χ0v) is 9.12. The molecule has 0 radical (unpaired) electrons. The van der Waals surface area contributed by atoms with E-state index in [0.717, 1.165) is 5.56 Å². The Bertz CT molecular complexity index is 297. The van der Waals surface area contributed by atoms with Gasteiger partial charge in [-0.2, -0.15) is 11.8 Å². The number of Topliss-reactive ketones (excluding diaryl/α,β-unsaturated/α-hetero) is 1. The number of hydrogen-bond acceptors (Lipinski definition) is 3. The highest BCUT2D eigenvalue weighted by Gasteiger charge is 2.23. The molecule has 3 heteroatoms. The first-order chi connectivity index (χ1) is 6.66. The number of aliphatic hydroxyl groups excluding tert-OH is 1. The van der Waals surface area contributed by atoms with Gasteiger partial charge < -0.3 is 5.11 Å². The van der Waals surface area contributed by atoms with Gasteiger partial charge in [0.2, 0.25) is 0 Å². The average Bonchev–Trinajstić information content (AvgIpc) is 2.19. The molecule has 0 fully saturated rings. The second-order valence-electron chi connectivity index (χ2n) is 3.12. The number of carbonyl (C=O) groups excluding carboxylic acids is 1. The lowest BCUT2D eigenvalue weighted by Crippen LogP contribution is -2.22. The van der Waals surface area contributed by atoms with Gasteiger partial charge in [0.1, 0.15) is 5.78 Å². The van der Waals surface area contributed by atoms with Crippen LogP contribution < -0.4 is 0 Å². The van der Waals surface area contributed by atoms with E-state index in [9.17, 15) is 9.90 Å². The van der Waals surface area contributed by atoms with Crippen LogP contribution in [0.2, 0.25) is 0 Å². The molecule has 0 amide bonds. The van der Waals surface area contributed by atoms with Crippen LogP contribution in [0, 0.1) is 0 Å². The van der Waals surface area contributed by atoms with E-state index >= 15 is 0 Å².